The highest BCUT2D eigenvalue weighted by Crippen LogP contribution is 2.26. The van der Waals surface area contributed by atoms with Crippen LogP contribution in [0.1, 0.15) is 11.1 Å². The highest BCUT2D eigenvalue weighted by Gasteiger charge is 2.20. The van der Waals surface area contributed by atoms with Gasteiger partial charge in [-0.15, -0.1) is 0 Å². The molecular formula is C18H19Cl2FN2. The fraction of sp³-hybridized carbons (Fsp3) is 0.333. The van der Waals surface area contributed by atoms with Gasteiger partial charge in [-0.3, -0.25) is 4.90 Å². The quantitative estimate of drug-likeness (QED) is 0.785. The summed E-state index contributed by atoms with van der Waals surface area (Å²) in [4.78, 5) is 4.57. The van der Waals surface area contributed by atoms with E-state index in [0.29, 0.717) is 17.1 Å². The Bertz CT molecular complexity index is 677. The van der Waals surface area contributed by atoms with Crippen molar-refractivity contribution in [1.29, 1.82) is 0 Å². The minimum Gasteiger partial charge on any atom is -0.369 e. The Morgan fingerprint density at radius 3 is 2.48 bits per heavy atom. The van der Waals surface area contributed by atoms with E-state index >= 15 is 0 Å². The molecule has 5 heteroatoms. The lowest BCUT2D eigenvalue weighted by Crippen LogP contribution is -2.46. The summed E-state index contributed by atoms with van der Waals surface area (Å²) < 4.78 is 13.9. The van der Waals surface area contributed by atoms with Crippen molar-refractivity contribution in [3.8, 4) is 0 Å². The van der Waals surface area contributed by atoms with Crippen molar-refractivity contribution in [3.05, 3.63) is 63.4 Å². The van der Waals surface area contributed by atoms with E-state index in [1.54, 1.807) is 12.1 Å². The maximum atomic E-state index is 13.9. The molecule has 0 radical (unpaired) electrons. The molecule has 2 nitrogen and oxygen atoms in total. The summed E-state index contributed by atoms with van der Waals surface area (Å²) in [6.07, 6.45) is 0. The third-order valence-electron chi connectivity index (χ3n) is 4.33. The lowest BCUT2D eigenvalue weighted by atomic mass is 10.1. The van der Waals surface area contributed by atoms with Gasteiger partial charge >= 0.3 is 0 Å². The molecular weight excluding hydrogens is 334 g/mol. The Hall–Kier alpha value is -1.29. The van der Waals surface area contributed by atoms with Gasteiger partial charge in [0.15, 0.2) is 0 Å². The second-order valence-corrected chi connectivity index (χ2v) is 6.74. The SMILES string of the molecule is Cc1ccc(Cl)cc1N1CCN(Cc2c(F)cccc2Cl)CC1. The van der Waals surface area contributed by atoms with E-state index in [0.717, 1.165) is 31.2 Å². The van der Waals surface area contributed by atoms with E-state index in [9.17, 15) is 4.39 Å². The molecule has 23 heavy (non-hydrogen) atoms. The van der Waals surface area contributed by atoms with Gasteiger partial charge in [-0.25, -0.2) is 4.39 Å². The van der Waals surface area contributed by atoms with Crippen molar-refractivity contribution in [3.63, 3.8) is 0 Å². The zero-order valence-electron chi connectivity index (χ0n) is 13.0. The molecule has 1 fully saturated rings. The molecule has 0 aromatic heterocycles. The molecule has 0 bridgehead atoms. The van der Waals surface area contributed by atoms with Crippen LogP contribution in [-0.2, 0) is 6.54 Å². The standard InChI is InChI=1S/C18H19Cl2FN2/c1-13-5-6-14(19)11-18(13)23-9-7-22(8-10-23)12-15-16(20)3-2-4-17(15)21/h2-6,11H,7-10,12H2,1H3. The van der Waals surface area contributed by atoms with Crippen LogP contribution in [0.4, 0.5) is 10.1 Å². The highest BCUT2D eigenvalue weighted by molar-refractivity contribution is 6.31. The fourth-order valence-corrected chi connectivity index (χ4v) is 3.37. The smallest absolute Gasteiger partial charge is 0.129 e. The monoisotopic (exact) mass is 352 g/mol. The van der Waals surface area contributed by atoms with Crippen LogP contribution in [-0.4, -0.2) is 31.1 Å². The Morgan fingerprint density at radius 1 is 1.04 bits per heavy atom. The van der Waals surface area contributed by atoms with Crippen LogP contribution in [0, 0.1) is 12.7 Å². The maximum Gasteiger partial charge on any atom is 0.129 e. The number of rotatable bonds is 3. The van der Waals surface area contributed by atoms with Crippen LogP contribution in [0.5, 0.6) is 0 Å². The lowest BCUT2D eigenvalue weighted by molar-refractivity contribution is 0.246. The summed E-state index contributed by atoms with van der Waals surface area (Å²) >= 11 is 12.2. The first-order valence-corrected chi connectivity index (χ1v) is 8.46. The molecule has 3 rings (SSSR count). The third kappa shape index (κ3) is 3.79. The van der Waals surface area contributed by atoms with E-state index < -0.39 is 0 Å². The van der Waals surface area contributed by atoms with E-state index in [2.05, 4.69) is 16.7 Å². The maximum absolute atomic E-state index is 13.9. The van der Waals surface area contributed by atoms with Crippen molar-refractivity contribution >= 4 is 28.9 Å². The Morgan fingerprint density at radius 2 is 1.78 bits per heavy atom. The number of halogens is 3. The van der Waals surface area contributed by atoms with Gasteiger partial charge in [-0.05, 0) is 36.8 Å². The van der Waals surface area contributed by atoms with Gasteiger partial charge in [-0.2, -0.15) is 0 Å². The largest absolute Gasteiger partial charge is 0.369 e. The third-order valence-corrected chi connectivity index (χ3v) is 4.92. The van der Waals surface area contributed by atoms with Crippen LogP contribution in [0.3, 0.4) is 0 Å². The molecule has 1 aliphatic heterocycles. The number of anilines is 1. The van der Waals surface area contributed by atoms with Crippen molar-refractivity contribution in [2.75, 3.05) is 31.1 Å². The van der Waals surface area contributed by atoms with Crippen LogP contribution in [0.15, 0.2) is 36.4 Å². The Balaban J connectivity index is 1.66. The van der Waals surface area contributed by atoms with Crippen LogP contribution < -0.4 is 4.90 Å². The predicted molar refractivity (Wildman–Crippen MR) is 95.1 cm³/mol. The summed E-state index contributed by atoms with van der Waals surface area (Å²) in [6, 6.07) is 10.8. The van der Waals surface area contributed by atoms with Gasteiger partial charge in [0.05, 0.1) is 0 Å². The Kier molecular flexibility index (Phi) is 5.10. The molecule has 0 spiro atoms. The van der Waals surface area contributed by atoms with Gasteiger partial charge < -0.3 is 4.90 Å². The molecule has 0 N–H and O–H groups in total. The molecule has 0 saturated carbocycles. The average molecular weight is 353 g/mol. The summed E-state index contributed by atoms with van der Waals surface area (Å²) in [5.41, 5.74) is 2.99. The lowest BCUT2D eigenvalue weighted by Gasteiger charge is -2.37. The van der Waals surface area contributed by atoms with Gasteiger partial charge in [0, 0.05) is 54.0 Å². The first-order valence-electron chi connectivity index (χ1n) is 7.71. The van der Waals surface area contributed by atoms with E-state index in [4.69, 9.17) is 23.2 Å². The minimum absolute atomic E-state index is 0.231. The molecule has 1 aliphatic rings. The molecule has 2 aromatic carbocycles. The van der Waals surface area contributed by atoms with Crippen LogP contribution in [0.25, 0.3) is 0 Å². The fourth-order valence-electron chi connectivity index (χ4n) is 2.98. The summed E-state index contributed by atoms with van der Waals surface area (Å²) in [5, 5.41) is 1.25. The second kappa shape index (κ2) is 7.08. The van der Waals surface area contributed by atoms with E-state index in [-0.39, 0.29) is 5.82 Å². The van der Waals surface area contributed by atoms with Crippen LogP contribution in [0.2, 0.25) is 10.0 Å². The van der Waals surface area contributed by atoms with Crippen LogP contribution >= 0.6 is 23.2 Å². The highest BCUT2D eigenvalue weighted by atomic mass is 35.5. The molecule has 0 atom stereocenters. The van der Waals surface area contributed by atoms with Crippen molar-refractivity contribution in [2.24, 2.45) is 0 Å². The molecule has 122 valence electrons. The number of hydrogen-bond acceptors (Lipinski definition) is 2. The summed E-state index contributed by atoms with van der Waals surface area (Å²) in [5.74, 6) is -0.231. The molecule has 2 aromatic rings. The Labute approximate surface area is 146 Å². The number of aryl methyl sites for hydroxylation is 1. The molecule has 1 heterocycles. The average Bonchev–Trinajstić information content (AvgIpc) is 2.54. The predicted octanol–water partition coefficient (Wildman–Crippen LogP) is 4.76. The normalized spacial score (nSPS) is 15.9. The number of hydrogen-bond donors (Lipinski definition) is 0. The van der Waals surface area contributed by atoms with E-state index in [1.165, 1.54) is 17.3 Å². The second-order valence-electron chi connectivity index (χ2n) is 5.89. The first-order chi connectivity index (χ1) is 11.0. The zero-order chi connectivity index (χ0) is 16.4. The molecule has 0 amide bonds. The van der Waals surface area contributed by atoms with Crippen molar-refractivity contribution in [2.45, 2.75) is 13.5 Å². The molecule has 0 aliphatic carbocycles. The zero-order valence-corrected chi connectivity index (χ0v) is 14.5. The van der Waals surface area contributed by atoms with Gasteiger partial charge in [0.25, 0.3) is 0 Å². The van der Waals surface area contributed by atoms with E-state index in [1.807, 2.05) is 18.2 Å². The van der Waals surface area contributed by atoms with Gasteiger partial charge in [0.1, 0.15) is 5.82 Å². The number of benzene rings is 2. The first kappa shape index (κ1) is 16.6. The minimum atomic E-state index is -0.231. The van der Waals surface area contributed by atoms with Gasteiger partial charge in [-0.1, -0.05) is 35.3 Å². The van der Waals surface area contributed by atoms with Gasteiger partial charge in [0.2, 0.25) is 0 Å². The topological polar surface area (TPSA) is 6.48 Å². The van der Waals surface area contributed by atoms with Crippen molar-refractivity contribution < 1.29 is 4.39 Å². The van der Waals surface area contributed by atoms with Crippen molar-refractivity contribution in [1.82, 2.24) is 4.90 Å². The number of nitrogens with zero attached hydrogens (tertiary/aromatic N) is 2. The summed E-state index contributed by atoms with van der Waals surface area (Å²) in [7, 11) is 0. The molecule has 1 saturated heterocycles. The number of piperazine rings is 1. The molecule has 0 unspecified atom stereocenters. The summed E-state index contributed by atoms with van der Waals surface area (Å²) in [6.45, 7) is 6.18.